The molecule has 0 unspecified atom stereocenters. The Morgan fingerprint density at radius 2 is 2.00 bits per heavy atom. The molecule has 0 spiro atoms. The summed E-state index contributed by atoms with van der Waals surface area (Å²) in [5.41, 5.74) is 1.71. The molecule has 4 heterocycles. The second kappa shape index (κ2) is 8.84. The van der Waals surface area contributed by atoms with E-state index in [1.165, 1.54) is 17.0 Å². The summed E-state index contributed by atoms with van der Waals surface area (Å²) in [7, 11) is 0. The number of anilines is 1. The van der Waals surface area contributed by atoms with Crippen LogP contribution in [0.4, 0.5) is 10.3 Å². The van der Waals surface area contributed by atoms with Gasteiger partial charge in [0.1, 0.15) is 10.8 Å². The van der Waals surface area contributed by atoms with Crippen LogP contribution in [-0.2, 0) is 10.5 Å². The van der Waals surface area contributed by atoms with Crippen LogP contribution in [0.1, 0.15) is 5.69 Å². The molecular formula is C20H18FN5OS3. The minimum Gasteiger partial charge on any atom is -0.378 e. The Hall–Kier alpha value is -2.27. The van der Waals surface area contributed by atoms with Crippen LogP contribution < -0.4 is 4.90 Å². The summed E-state index contributed by atoms with van der Waals surface area (Å²) in [5.74, 6) is 1.09. The molecule has 0 aliphatic carbocycles. The molecule has 0 amide bonds. The Kier molecular flexibility index (Phi) is 5.80. The first-order valence-corrected chi connectivity index (χ1v) is 12.2. The fraction of sp³-hybridized carbons (Fsp3) is 0.250. The lowest BCUT2D eigenvalue weighted by Gasteiger charge is -2.27. The number of hydrogen-bond donors (Lipinski definition) is 0. The van der Waals surface area contributed by atoms with Crippen molar-refractivity contribution >= 4 is 40.4 Å². The van der Waals surface area contributed by atoms with E-state index in [2.05, 4.69) is 31.9 Å². The first-order chi connectivity index (χ1) is 14.8. The maximum atomic E-state index is 14.0. The molecular weight excluding hydrogens is 441 g/mol. The summed E-state index contributed by atoms with van der Waals surface area (Å²) >= 11 is 4.88. The molecule has 1 aliphatic heterocycles. The first-order valence-electron chi connectivity index (χ1n) is 9.43. The van der Waals surface area contributed by atoms with Gasteiger partial charge < -0.3 is 9.64 Å². The SMILES string of the molecule is Fc1cccc(-n2c(SCc3csc(-c4cccs4)n3)nnc2N2CCOCC2)c1. The highest BCUT2D eigenvalue weighted by Gasteiger charge is 2.22. The van der Waals surface area contributed by atoms with Gasteiger partial charge in [-0.05, 0) is 29.6 Å². The number of aromatic nitrogens is 4. The molecule has 0 saturated carbocycles. The summed E-state index contributed by atoms with van der Waals surface area (Å²) in [6, 6.07) is 10.6. The molecule has 1 fully saturated rings. The van der Waals surface area contributed by atoms with Gasteiger partial charge in [0.15, 0.2) is 5.16 Å². The maximum absolute atomic E-state index is 14.0. The fourth-order valence-corrected chi connectivity index (χ4v) is 5.77. The quantitative estimate of drug-likeness (QED) is 0.389. The second-order valence-corrected chi connectivity index (χ2v) is 9.36. The second-order valence-electron chi connectivity index (χ2n) is 6.61. The molecule has 6 nitrogen and oxygen atoms in total. The van der Waals surface area contributed by atoms with Gasteiger partial charge in [0, 0.05) is 24.2 Å². The zero-order valence-corrected chi connectivity index (χ0v) is 18.4. The Labute approximate surface area is 185 Å². The monoisotopic (exact) mass is 459 g/mol. The average molecular weight is 460 g/mol. The van der Waals surface area contributed by atoms with Crippen LogP contribution in [0.2, 0.25) is 0 Å². The van der Waals surface area contributed by atoms with Gasteiger partial charge >= 0.3 is 0 Å². The van der Waals surface area contributed by atoms with Gasteiger partial charge in [-0.2, -0.15) is 0 Å². The van der Waals surface area contributed by atoms with Gasteiger partial charge in [-0.25, -0.2) is 9.37 Å². The molecule has 30 heavy (non-hydrogen) atoms. The lowest BCUT2D eigenvalue weighted by Crippen LogP contribution is -2.37. The van der Waals surface area contributed by atoms with Crippen molar-refractivity contribution in [1.29, 1.82) is 0 Å². The van der Waals surface area contributed by atoms with E-state index in [0.29, 0.717) is 35.8 Å². The number of ether oxygens (including phenoxy) is 1. The molecule has 0 radical (unpaired) electrons. The third-order valence-electron chi connectivity index (χ3n) is 4.61. The molecule has 1 saturated heterocycles. The molecule has 0 N–H and O–H groups in total. The highest BCUT2D eigenvalue weighted by molar-refractivity contribution is 7.98. The van der Waals surface area contributed by atoms with Gasteiger partial charge in [-0.15, -0.1) is 32.9 Å². The number of thiazole rings is 1. The predicted octanol–water partition coefficient (Wildman–Crippen LogP) is 4.72. The van der Waals surface area contributed by atoms with Crippen LogP contribution in [0, 0.1) is 5.82 Å². The minimum absolute atomic E-state index is 0.287. The molecule has 1 aliphatic rings. The van der Waals surface area contributed by atoms with Gasteiger partial charge in [-0.3, -0.25) is 4.57 Å². The number of thioether (sulfide) groups is 1. The zero-order valence-electron chi connectivity index (χ0n) is 15.9. The van der Waals surface area contributed by atoms with Crippen LogP contribution >= 0.6 is 34.4 Å². The van der Waals surface area contributed by atoms with Crippen molar-refractivity contribution in [2.75, 3.05) is 31.2 Å². The van der Waals surface area contributed by atoms with Crippen LogP contribution in [0.3, 0.4) is 0 Å². The van der Waals surface area contributed by atoms with Crippen molar-refractivity contribution in [2.24, 2.45) is 0 Å². The number of rotatable bonds is 6. The number of thiophene rings is 1. The summed E-state index contributed by atoms with van der Waals surface area (Å²) in [4.78, 5) is 8.05. The first kappa shape index (κ1) is 19.7. The van der Waals surface area contributed by atoms with Gasteiger partial charge in [0.25, 0.3) is 0 Å². The van der Waals surface area contributed by atoms with Crippen LogP contribution in [0.15, 0.2) is 52.3 Å². The molecule has 0 bridgehead atoms. The van der Waals surface area contributed by atoms with E-state index < -0.39 is 0 Å². The van der Waals surface area contributed by atoms with Gasteiger partial charge in [-0.1, -0.05) is 23.9 Å². The maximum Gasteiger partial charge on any atom is 0.232 e. The van der Waals surface area contributed by atoms with E-state index in [1.54, 1.807) is 40.5 Å². The summed E-state index contributed by atoms with van der Waals surface area (Å²) in [6.07, 6.45) is 0. The average Bonchev–Trinajstić information content (AvgIpc) is 3.53. The molecule has 4 aromatic rings. The largest absolute Gasteiger partial charge is 0.378 e. The fourth-order valence-electron chi connectivity index (χ4n) is 3.19. The van der Waals surface area contributed by atoms with Gasteiger partial charge in [0.05, 0.1) is 29.5 Å². The summed E-state index contributed by atoms with van der Waals surface area (Å²) in [6.45, 7) is 2.74. The molecule has 154 valence electrons. The lowest BCUT2D eigenvalue weighted by atomic mass is 10.3. The Bertz CT molecular complexity index is 1120. The van der Waals surface area contributed by atoms with Crippen molar-refractivity contribution in [2.45, 2.75) is 10.9 Å². The highest BCUT2D eigenvalue weighted by atomic mass is 32.2. The Balaban J connectivity index is 1.42. The van der Waals surface area contributed by atoms with Crippen molar-refractivity contribution < 1.29 is 9.13 Å². The number of morpholine rings is 1. The standard InChI is InChI=1S/C20H18FN5OS3/c21-14-3-1-4-16(11-14)26-19(25-6-8-27-9-7-25)23-24-20(26)30-13-15-12-29-18(22-15)17-5-2-10-28-17/h1-5,10-12H,6-9,13H2. The highest BCUT2D eigenvalue weighted by Crippen LogP contribution is 2.32. The Morgan fingerprint density at radius 3 is 2.80 bits per heavy atom. The molecule has 0 atom stereocenters. The predicted molar refractivity (Wildman–Crippen MR) is 119 cm³/mol. The van der Waals surface area contributed by atoms with E-state index in [-0.39, 0.29) is 5.82 Å². The third kappa shape index (κ3) is 4.13. The zero-order chi connectivity index (χ0) is 20.3. The Morgan fingerprint density at radius 1 is 1.10 bits per heavy atom. The van der Waals surface area contributed by atoms with Crippen LogP contribution in [-0.4, -0.2) is 46.1 Å². The smallest absolute Gasteiger partial charge is 0.232 e. The van der Waals surface area contributed by atoms with Crippen LogP contribution in [0.5, 0.6) is 0 Å². The molecule has 3 aromatic heterocycles. The normalized spacial score (nSPS) is 14.4. The summed E-state index contributed by atoms with van der Waals surface area (Å²) in [5, 5.41) is 14.7. The number of halogens is 1. The molecule has 10 heteroatoms. The van der Waals surface area contributed by atoms with E-state index in [4.69, 9.17) is 9.72 Å². The third-order valence-corrected chi connectivity index (χ3v) is 7.50. The van der Waals surface area contributed by atoms with E-state index in [9.17, 15) is 4.39 Å². The lowest BCUT2D eigenvalue weighted by molar-refractivity contribution is 0.122. The molecule has 5 rings (SSSR count). The topological polar surface area (TPSA) is 56.1 Å². The van der Waals surface area contributed by atoms with Crippen molar-refractivity contribution in [1.82, 2.24) is 19.7 Å². The van der Waals surface area contributed by atoms with E-state index in [0.717, 1.165) is 23.8 Å². The van der Waals surface area contributed by atoms with E-state index in [1.807, 2.05) is 16.7 Å². The van der Waals surface area contributed by atoms with Crippen molar-refractivity contribution in [3.05, 3.63) is 58.7 Å². The number of benzene rings is 1. The van der Waals surface area contributed by atoms with Crippen molar-refractivity contribution in [3.63, 3.8) is 0 Å². The minimum atomic E-state index is -0.287. The summed E-state index contributed by atoms with van der Waals surface area (Å²) < 4.78 is 21.3. The van der Waals surface area contributed by atoms with Crippen molar-refractivity contribution in [3.8, 4) is 15.6 Å². The van der Waals surface area contributed by atoms with E-state index >= 15 is 0 Å². The number of nitrogens with zero attached hydrogens (tertiary/aromatic N) is 5. The number of hydrogen-bond acceptors (Lipinski definition) is 8. The van der Waals surface area contributed by atoms with Crippen LogP contribution in [0.25, 0.3) is 15.6 Å². The van der Waals surface area contributed by atoms with Gasteiger partial charge in [0.2, 0.25) is 5.95 Å². The molecule has 1 aromatic carbocycles.